The van der Waals surface area contributed by atoms with E-state index in [1.165, 1.54) is 21.5 Å². The number of ether oxygens (including phenoxy) is 1. The van der Waals surface area contributed by atoms with Gasteiger partial charge >= 0.3 is 11.4 Å². The largest absolute Gasteiger partial charge is 0.438 e. The van der Waals surface area contributed by atoms with Crippen LogP contribution in [0.5, 0.6) is 0 Å². The number of carbonyl (C=O) groups is 1. The zero-order valence-corrected chi connectivity index (χ0v) is 39.5. The zero-order valence-electron chi connectivity index (χ0n) is 39.5. The number of nitrogens with one attached hydrogen (secondary N) is 1. The van der Waals surface area contributed by atoms with Crippen LogP contribution in [0.3, 0.4) is 0 Å². The Morgan fingerprint density at radius 1 is 0.913 bits per heavy atom. The van der Waals surface area contributed by atoms with E-state index < -0.39 is 34.3 Å². The number of carbonyl (C=O) groups excluding carboxylic acids is 1. The minimum Gasteiger partial charge on any atom is -0.376 e. The van der Waals surface area contributed by atoms with Crippen molar-refractivity contribution in [3.05, 3.63) is 151 Å². The van der Waals surface area contributed by atoms with Gasteiger partial charge in [-0.25, -0.2) is 23.1 Å². The van der Waals surface area contributed by atoms with Crippen LogP contribution in [0.2, 0.25) is 0 Å². The molecular weight excluding hydrogens is 883 g/mol. The van der Waals surface area contributed by atoms with Gasteiger partial charge in [0.2, 0.25) is 0 Å². The van der Waals surface area contributed by atoms with E-state index in [0.29, 0.717) is 77.6 Å². The van der Waals surface area contributed by atoms with Gasteiger partial charge in [-0.15, -0.1) is 0 Å². The minimum atomic E-state index is -0.878. The van der Waals surface area contributed by atoms with Gasteiger partial charge in [0.15, 0.2) is 11.6 Å². The number of aromatic amines is 1. The molecule has 3 aromatic carbocycles. The second-order valence-corrected chi connectivity index (χ2v) is 20.5. The van der Waals surface area contributed by atoms with Crippen molar-refractivity contribution in [3.8, 4) is 17.2 Å². The number of fused-ring (bicyclic) bond motifs is 4. The highest BCUT2D eigenvalue weighted by Gasteiger charge is 2.59. The Bertz CT molecular complexity index is 3590. The number of imidazole rings is 1. The van der Waals surface area contributed by atoms with E-state index in [4.69, 9.17) is 14.4 Å². The quantitative estimate of drug-likeness (QED) is 0.156. The maximum atomic E-state index is 16.3. The molecule has 2 fully saturated rings. The fourth-order valence-corrected chi connectivity index (χ4v) is 12.0. The monoisotopic (exact) mass is 934 g/mol. The van der Waals surface area contributed by atoms with Crippen LogP contribution in [0.4, 0.5) is 8.78 Å². The summed E-state index contributed by atoms with van der Waals surface area (Å²) in [5.41, 5.74) is 3.29. The number of aryl methyl sites for hydroxylation is 3. The lowest BCUT2D eigenvalue weighted by Crippen LogP contribution is -2.49. The lowest BCUT2D eigenvalue weighted by atomic mass is 9.75. The Morgan fingerprint density at radius 3 is 2.33 bits per heavy atom. The van der Waals surface area contributed by atoms with Gasteiger partial charge in [-0.2, -0.15) is 10.2 Å². The number of halogens is 2. The molecule has 4 aliphatic rings. The Morgan fingerprint density at radius 2 is 1.64 bits per heavy atom. The van der Waals surface area contributed by atoms with Crippen molar-refractivity contribution < 1.29 is 22.8 Å². The number of aromatic nitrogens is 9. The third-order valence-electron chi connectivity index (χ3n) is 15.7. The summed E-state index contributed by atoms with van der Waals surface area (Å²) in [6.45, 7) is 12.6. The first kappa shape index (κ1) is 43.2. The average molecular weight is 935 g/mol. The highest BCUT2D eigenvalue weighted by Crippen LogP contribution is 2.57. The predicted molar refractivity (Wildman–Crippen MR) is 254 cm³/mol. The predicted octanol–water partition coefficient (Wildman–Crippen LogP) is 8.49. The maximum Gasteiger partial charge on any atom is 0.438 e. The number of allylic oxidation sites excluding steroid dienone is 2. The molecule has 4 atom stereocenters. The molecular formula is C52H52F2N10O5. The van der Waals surface area contributed by atoms with E-state index in [0.717, 1.165) is 35.0 Å². The molecule has 0 unspecified atom stereocenters. The maximum absolute atomic E-state index is 16.3. The number of benzene rings is 3. The Hall–Kier alpha value is -7.14. The van der Waals surface area contributed by atoms with Crippen LogP contribution >= 0.6 is 0 Å². The van der Waals surface area contributed by atoms with Gasteiger partial charge in [-0.1, -0.05) is 30.3 Å². The third-order valence-corrected chi connectivity index (χ3v) is 15.7. The fraction of sp³-hybridized carbons (Fsp3) is 0.385. The molecule has 8 aromatic rings. The fourth-order valence-electron chi connectivity index (χ4n) is 12.0. The molecule has 12 rings (SSSR count). The number of hydrogen-bond acceptors (Lipinski definition) is 8. The highest BCUT2D eigenvalue weighted by atomic mass is 19.1. The molecule has 354 valence electrons. The molecule has 1 amide bonds. The van der Waals surface area contributed by atoms with Crippen molar-refractivity contribution in [2.75, 3.05) is 13.2 Å². The smallest absolute Gasteiger partial charge is 0.376 e. The first-order chi connectivity index (χ1) is 33.0. The Labute approximate surface area is 394 Å². The van der Waals surface area contributed by atoms with Crippen molar-refractivity contribution >= 4 is 27.7 Å². The SMILES string of the molecule is Cc1cc(-n2nc3c(c2-n2ccn(-c4ccc5c(cnn5C)c4F)c2=O)[C@H](C)N(C(=O)c2cc4cc([C@H]5CCOC(C)(C)C5)ccc4n2[C@@]2(c4noc(=O)[nH]4)C[C@@H]2C)CC32CC=CC2)cc(C)c1F. The molecule has 0 bridgehead atoms. The number of nitrogens with zero attached hydrogens (tertiary/aromatic N) is 9. The summed E-state index contributed by atoms with van der Waals surface area (Å²) in [7, 11) is 1.72. The van der Waals surface area contributed by atoms with Gasteiger partial charge in [-0.3, -0.25) is 28.1 Å². The van der Waals surface area contributed by atoms with Crippen LogP contribution < -0.4 is 11.4 Å². The average Bonchev–Trinajstić information content (AvgIpc) is 4.08. The molecule has 1 spiro atoms. The van der Waals surface area contributed by atoms with E-state index in [2.05, 4.69) is 70.9 Å². The summed E-state index contributed by atoms with van der Waals surface area (Å²) in [6.07, 6.45) is 12.2. The summed E-state index contributed by atoms with van der Waals surface area (Å²) >= 11 is 0. The van der Waals surface area contributed by atoms with E-state index in [1.807, 2.05) is 17.9 Å². The lowest BCUT2D eigenvalue weighted by Gasteiger charge is -2.43. The summed E-state index contributed by atoms with van der Waals surface area (Å²) in [5.74, 6) is -0.923. The van der Waals surface area contributed by atoms with Gasteiger partial charge in [-0.05, 0) is 138 Å². The van der Waals surface area contributed by atoms with E-state index in [1.54, 1.807) is 60.7 Å². The van der Waals surface area contributed by atoms with Crippen molar-refractivity contribution in [2.24, 2.45) is 13.0 Å². The lowest BCUT2D eigenvalue weighted by molar-refractivity contribution is -0.0592. The topological polar surface area (TPSA) is 156 Å². The molecule has 2 aliphatic carbocycles. The molecule has 2 aliphatic heterocycles. The summed E-state index contributed by atoms with van der Waals surface area (Å²) in [5, 5.41) is 15.0. The first-order valence-electron chi connectivity index (χ1n) is 23.6. The van der Waals surface area contributed by atoms with Gasteiger partial charge in [0.25, 0.3) is 5.91 Å². The van der Waals surface area contributed by atoms with Gasteiger partial charge < -0.3 is 14.2 Å². The van der Waals surface area contributed by atoms with Gasteiger partial charge in [0.05, 0.1) is 45.8 Å². The molecule has 15 nitrogen and oxygen atoms in total. The third kappa shape index (κ3) is 6.31. The van der Waals surface area contributed by atoms with Crippen LogP contribution in [-0.2, 0) is 22.7 Å². The van der Waals surface area contributed by atoms with Crippen LogP contribution in [0.1, 0.15) is 116 Å². The van der Waals surface area contributed by atoms with Crippen molar-refractivity contribution in [3.63, 3.8) is 0 Å². The van der Waals surface area contributed by atoms with Crippen LogP contribution in [0, 0.1) is 31.4 Å². The summed E-state index contributed by atoms with van der Waals surface area (Å²) < 4.78 is 50.9. The Kier molecular flexibility index (Phi) is 9.34. The highest BCUT2D eigenvalue weighted by molar-refractivity contribution is 6.00. The first-order valence-corrected chi connectivity index (χ1v) is 23.6. The van der Waals surface area contributed by atoms with Crippen molar-refractivity contribution in [1.29, 1.82) is 0 Å². The number of hydrogen-bond donors (Lipinski definition) is 1. The van der Waals surface area contributed by atoms with Crippen molar-refractivity contribution in [2.45, 2.75) is 102 Å². The van der Waals surface area contributed by atoms with Crippen LogP contribution in [0.25, 0.3) is 39.0 Å². The number of H-pyrrole nitrogens is 1. The molecule has 1 N–H and O–H groups in total. The zero-order chi connectivity index (χ0) is 48.1. The van der Waals surface area contributed by atoms with Gasteiger partial charge in [0, 0.05) is 54.5 Å². The minimum absolute atomic E-state index is 0.0146. The van der Waals surface area contributed by atoms with Crippen LogP contribution in [-0.4, -0.2) is 73.0 Å². The molecule has 1 saturated heterocycles. The second-order valence-electron chi connectivity index (χ2n) is 20.5. The molecule has 7 heterocycles. The van der Waals surface area contributed by atoms with E-state index in [9.17, 15) is 9.59 Å². The normalized spacial score (nSPS) is 22.6. The molecule has 17 heteroatoms. The molecule has 69 heavy (non-hydrogen) atoms. The van der Waals surface area contributed by atoms with E-state index >= 15 is 13.6 Å². The number of rotatable bonds is 7. The van der Waals surface area contributed by atoms with Gasteiger partial charge in [0.1, 0.15) is 22.9 Å². The second kappa shape index (κ2) is 14.9. The standard InChI is InChI=1S/C52H52F2N10O5/c1-28-20-35(21-29(2)42(28)53)64-45(61-18-17-60(49(61)67)39-13-12-38-36(43(39)54)26-55-59(38)7)41-31(4)62(27-51(44(41)57-64)15-8-9-16-51)46(65)40-23-34-22-32(33-14-19-68-50(5,6)25-33)10-11-37(34)63(40)52(24-30(52)3)47-56-48(66)69-58-47/h8-13,17-18,20-23,26,30-31,33H,14-16,19,24-25,27H2,1-7H3,(H,56,58,66)/t30-,31-,33-,52-/m0/s1. The summed E-state index contributed by atoms with van der Waals surface area (Å²) in [4.78, 5) is 48.3. The molecule has 0 radical (unpaired) electrons. The summed E-state index contributed by atoms with van der Waals surface area (Å²) in [6, 6.07) is 14.4. The van der Waals surface area contributed by atoms with E-state index in [-0.39, 0.29) is 40.2 Å². The van der Waals surface area contributed by atoms with Crippen LogP contribution in [0.15, 0.2) is 93.4 Å². The van der Waals surface area contributed by atoms with Crippen molar-refractivity contribution in [1.82, 2.24) is 48.3 Å². The molecule has 5 aromatic heterocycles. The Balaban J connectivity index is 1.05. The molecule has 1 saturated carbocycles. The number of amides is 1.